The van der Waals surface area contributed by atoms with E-state index >= 15 is 0 Å². The maximum absolute atomic E-state index is 5.80. The maximum atomic E-state index is 5.80. The molecule has 1 aromatic rings. The number of aryl methyl sites for hydroxylation is 1. The second kappa shape index (κ2) is 6.22. The lowest BCUT2D eigenvalue weighted by Gasteiger charge is -2.38. The van der Waals surface area contributed by atoms with Crippen LogP contribution in [-0.4, -0.2) is 68.4 Å². The molecule has 3 aliphatic heterocycles. The van der Waals surface area contributed by atoms with Crippen LogP contribution in [0.2, 0.25) is 0 Å². The summed E-state index contributed by atoms with van der Waals surface area (Å²) in [7, 11) is 0. The minimum atomic E-state index is -0.342. The fourth-order valence-corrected chi connectivity index (χ4v) is 3.47. The summed E-state index contributed by atoms with van der Waals surface area (Å²) in [6.45, 7) is 8.46. The fraction of sp³-hybridized carbons (Fsp3) is 0.750. The third-order valence-corrected chi connectivity index (χ3v) is 4.79. The summed E-state index contributed by atoms with van der Waals surface area (Å²) in [5.41, 5.74) is 1.00. The molecule has 0 aliphatic carbocycles. The molecule has 23 heavy (non-hydrogen) atoms. The highest BCUT2D eigenvalue weighted by molar-refractivity contribution is 5.46. The molecule has 4 rings (SSSR count). The van der Waals surface area contributed by atoms with Crippen LogP contribution in [0.1, 0.15) is 18.5 Å². The average molecular weight is 320 g/mol. The van der Waals surface area contributed by atoms with E-state index in [0.717, 1.165) is 69.7 Å². The zero-order chi connectivity index (χ0) is 15.7. The summed E-state index contributed by atoms with van der Waals surface area (Å²) in [6.07, 6.45) is 1.78. The molecular weight excluding hydrogens is 296 g/mol. The predicted octanol–water partition coefficient (Wildman–Crippen LogP) is 0.965. The van der Waals surface area contributed by atoms with Crippen molar-refractivity contribution in [1.29, 1.82) is 0 Å². The van der Waals surface area contributed by atoms with Crippen molar-refractivity contribution in [2.45, 2.75) is 25.6 Å². The van der Waals surface area contributed by atoms with Gasteiger partial charge in [0.05, 0.1) is 26.4 Å². The standard InChI is InChI=1S/C16H24N4O3/c1-13-12-14(18-15(17-13)20-6-8-21-9-7-20)19-4-2-16(3-5-19)22-10-11-23-16/h12H,2-11H2,1H3. The van der Waals surface area contributed by atoms with E-state index in [1.807, 2.05) is 6.92 Å². The molecule has 0 unspecified atom stereocenters. The second-order valence-electron chi connectivity index (χ2n) is 6.36. The Kier molecular flexibility index (Phi) is 4.09. The van der Waals surface area contributed by atoms with Gasteiger partial charge in [0.25, 0.3) is 0 Å². The van der Waals surface area contributed by atoms with Gasteiger partial charge in [-0.05, 0) is 6.92 Å². The van der Waals surface area contributed by atoms with Crippen LogP contribution in [0.5, 0.6) is 0 Å². The van der Waals surface area contributed by atoms with Crippen molar-refractivity contribution in [2.75, 3.05) is 62.4 Å². The van der Waals surface area contributed by atoms with Crippen molar-refractivity contribution in [3.63, 3.8) is 0 Å². The minimum Gasteiger partial charge on any atom is -0.378 e. The van der Waals surface area contributed by atoms with Crippen molar-refractivity contribution in [1.82, 2.24) is 9.97 Å². The van der Waals surface area contributed by atoms with Crippen molar-refractivity contribution in [2.24, 2.45) is 0 Å². The van der Waals surface area contributed by atoms with Crippen LogP contribution in [0, 0.1) is 6.92 Å². The van der Waals surface area contributed by atoms with Gasteiger partial charge < -0.3 is 24.0 Å². The van der Waals surface area contributed by atoms with E-state index in [4.69, 9.17) is 19.2 Å². The van der Waals surface area contributed by atoms with Crippen molar-refractivity contribution in [3.05, 3.63) is 11.8 Å². The number of ether oxygens (including phenoxy) is 3. The Morgan fingerprint density at radius 1 is 0.913 bits per heavy atom. The first-order valence-electron chi connectivity index (χ1n) is 8.45. The van der Waals surface area contributed by atoms with Gasteiger partial charge in [0, 0.05) is 50.8 Å². The molecule has 1 spiro atoms. The van der Waals surface area contributed by atoms with Crippen LogP contribution in [-0.2, 0) is 14.2 Å². The Labute approximate surface area is 136 Å². The van der Waals surface area contributed by atoms with Crippen LogP contribution in [0.15, 0.2) is 6.07 Å². The highest BCUT2D eigenvalue weighted by Gasteiger charge is 2.40. The van der Waals surface area contributed by atoms with E-state index < -0.39 is 0 Å². The molecule has 0 atom stereocenters. The van der Waals surface area contributed by atoms with E-state index in [0.29, 0.717) is 13.2 Å². The van der Waals surface area contributed by atoms with Gasteiger partial charge >= 0.3 is 0 Å². The van der Waals surface area contributed by atoms with Crippen LogP contribution in [0.3, 0.4) is 0 Å². The number of morpholine rings is 1. The zero-order valence-electron chi connectivity index (χ0n) is 13.7. The first kappa shape index (κ1) is 15.1. The Morgan fingerprint density at radius 2 is 1.61 bits per heavy atom. The summed E-state index contributed by atoms with van der Waals surface area (Å²) in [5.74, 6) is 1.48. The van der Waals surface area contributed by atoms with E-state index in [1.165, 1.54) is 0 Å². The topological polar surface area (TPSA) is 60.0 Å². The number of hydrogen-bond acceptors (Lipinski definition) is 7. The van der Waals surface area contributed by atoms with Crippen molar-refractivity contribution in [3.8, 4) is 0 Å². The molecule has 0 radical (unpaired) electrons. The minimum absolute atomic E-state index is 0.342. The number of piperidine rings is 1. The summed E-state index contributed by atoms with van der Waals surface area (Å²) in [4.78, 5) is 13.9. The number of nitrogens with zero attached hydrogens (tertiary/aromatic N) is 4. The van der Waals surface area contributed by atoms with Gasteiger partial charge in [0.1, 0.15) is 5.82 Å². The highest BCUT2D eigenvalue weighted by Crippen LogP contribution is 2.33. The lowest BCUT2D eigenvalue weighted by molar-refractivity contribution is -0.169. The smallest absolute Gasteiger partial charge is 0.227 e. The maximum Gasteiger partial charge on any atom is 0.227 e. The number of hydrogen-bond donors (Lipinski definition) is 0. The third kappa shape index (κ3) is 3.13. The SMILES string of the molecule is Cc1cc(N2CCC3(CC2)OCCO3)nc(N2CCOCC2)n1. The Bertz CT molecular complexity index is 546. The van der Waals surface area contributed by atoms with E-state index in [2.05, 4.69) is 20.9 Å². The lowest BCUT2D eigenvalue weighted by atomic mass is 10.0. The molecule has 4 heterocycles. The monoisotopic (exact) mass is 320 g/mol. The predicted molar refractivity (Wildman–Crippen MR) is 85.9 cm³/mol. The van der Waals surface area contributed by atoms with Crippen LogP contribution in [0.25, 0.3) is 0 Å². The largest absolute Gasteiger partial charge is 0.378 e. The average Bonchev–Trinajstić information content (AvgIpc) is 3.04. The Hall–Kier alpha value is -1.44. The van der Waals surface area contributed by atoms with Gasteiger partial charge in [-0.3, -0.25) is 0 Å². The molecule has 7 heteroatoms. The third-order valence-electron chi connectivity index (χ3n) is 4.79. The molecule has 1 aromatic heterocycles. The Morgan fingerprint density at radius 3 is 2.30 bits per heavy atom. The lowest BCUT2D eigenvalue weighted by Crippen LogP contribution is -2.45. The summed E-state index contributed by atoms with van der Waals surface area (Å²) < 4.78 is 17.0. The second-order valence-corrected chi connectivity index (χ2v) is 6.36. The molecule has 0 amide bonds. The molecule has 7 nitrogen and oxygen atoms in total. The van der Waals surface area contributed by atoms with Crippen molar-refractivity contribution >= 4 is 11.8 Å². The molecule has 126 valence electrons. The van der Waals surface area contributed by atoms with Crippen LogP contribution < -0.4 is 9.80 Å². The quantitative estimate of drug-likeness (QED) is 0.804. The normalized spacial score (nSPS) is 24.4. The first-order valence-corrected chi connectivity index (χ1v) is 8.45. The Balaban J connectivity index is 1.49. The molecule has 3 aliphatic rings. The van der Waals surface area contributed by atoms with Crippen molar-refractivity contribution < 1.29 is 14.2 Å². The summed E-state index contributed by atoms with van der Waals surface area (Å²) >= 11 is 0. The summed E-state index contributed by atoms with van der Waals surface area (Å²) in [6, 6.07) is 2.07. The zero-order valence-corrected chi connectivity index (χ0v) is 13.7. The number of aromatic nitrogens is 2. The molecular formula is C16H24N4O3. The molecule has 3 fully saturated rings. The summed E-state index contributed by atoms with van der Waals surface area (Å²) in [5, 5.41) is 0. The van der Waals surface area contributed by atoms with E-state index in [9.17, 15) is 0 Å². The molecule has 0 saturated carbocycles. The molecule has 0 N–H and O–H groups in total. The van der Waals surface area contributed by atoms with Gasteiger partial charge in [-0.2, -0.15) is 4.98 Å². The molecule has 3 saturated heterocycles. The fourth-order valence-electron chi connectivity index (χ4n) is 3.47. The highest BCUT2D eigenvalue weighted by atomic mass is 16.7. The van der Waals surface area contributed by atoms with Gasteiger partial charge in [-0.25, -0.2) is 4.98 Å². The molecule has 0 bridgehead atoms. The van der Waals surface area contributed by atoms with Crippen LogP contribution in [0.4, 0.5) is 11.8 Å². The van der Waals surface area contributed by atoms with Gasteiger partial charge in [0.15, 0.2) is 5.79 Å². The van der Waals surface area contributed by atoms with E-state index in [1.54, 1.807) is 0 Å². The van der Waals surface area contributed by atoms with Gasteiger partial charge in [-0.15, -0.1) is 0 Å². The van der Waals surface area contributed by atoms with Gasteiger partial charge in [-0.1, -0.05) is 0 Å². The van der Waals surface area contributed by atoms with Crippen LogP contribution >= 0.6 is 0 Å². The first-order chi connectivity index (χ1) is 11.2. The van der Waals surface area contributed by atoms with Gasteiger partial charge in [0.2, 0.25) is 5.95 Å². The van der Waals surface area contributed by atoms with E-state index in [-0.39, 0.29) is 5.79 Å². The number of rotatable bonds is 2. The molecule has 0 aromatic carbocycles. The number of anilines is 2.